The third kappa shape index (κ3) is 1.93. The minimum absolute atomic E-state index is 0.415. The number of nitrogens with two attached hydrogens (primary N) is 1. The summed E-state index contributed by atoms with van der Waals surface area (Å²) in [4.78, 5) is 14.9. The molecule has 2 aromatic heterocycles. The van der Waals surface area contributed by atoms with E-state index >= 15 is 0 Å². The third-order valence-electron chi connectivity index (χ3n) is 3.37. The predicted octanol–water partition coefficient (Wildman–Crippen LogP) is -0.699. The van der Waals surface area contributed by atoms with E-state index in [1.807, 2.05) is 4.68 Å². The highest BCUT2D eigenvalue weighted by Gasteiger charge is 2.21. The monoisotopic (exact) mass is 263 g/mol. The molecular formula is C11H17N7O. The molecule has 2 aromatic rings. The van der Waals surface area contributed by atoms with Crippen molar-refractivity contribution < 1.29 is 4.74 Å². The summed E-state index contributed by atoms with van der Waals surface area (Å²) in [6.45, 7) is 3.75. The molecule has 1 saturated heterocycles. The fourth-order valence-electron chi connectivity index (χ4n) is 2.30. The lowest BCUT2D eigenvalue weighted by Crippen LogP contribution is -2.50. The minimum Gasteiger partial charge on any atom is -0.479 e. The predicted molar refractivity (Wildman–Crippen MR) is 71.7 cm³/mol. The van der Waals surface area contributed by atoms with Gasteiger partial charge >= 0.3 is 0 Å². The van der Waals surface area contributed by atoms with E-state index < -0.39 is 0 Å². The molecule has 2 N–H and O–H groups in total. The molecule has 0 bridgehead atoms. The van der Waals surface area contributed by atoms with Crippen LogP contribution in [0.15, 0.2) is 6.33 Å². The number of nitrogens with zero attached hydrogens (tertiary/aromatic N) is 6. The summed E-state index contributed by atoms with van der Waals surface area (Å²) in [6, 6.07) is 0. The maximum Gasteiger partial charge on any atom is 0.245 e. The summed E-state index contributed by atoms with van der Waals surface area (Å²) in [6.07, 6.45) is 1.47. The zero-order chi connectivity index (χ0) is 13.4. The Morgan fingerprint density at radius 3 is 2.63 bits per heavy atom. The summed E-state index contributed by atoms with van der Waals surface area (Å²) >= 11 is 0. The van der Waals surface area contributed by atoms with Crippen LogP contribution in [0, 0.1) is 0 Å². The van der Waals surface area contributed by atoms with Crippen LogP contribution in [0.5, 0.6) is 5.88 Å². The van der Waals surface area contributed by atoms with E-state index in [-0.39, 0.29) is 0 Å². The molecule has 0 unspecified atom stereocenters. The smallest absolute Gasteiger partial charge is 0.245 e. The molecule has 0 atom stereocenters. The molecule has 0 radical (unpaired) electrons. The van der Waals surface area contributed by atoms with Gasteiger partial charge in [-0.25, -0.2) is 14.6 Å². The molecule has 0 saturated carbocycles. The molecule has 19 heavy (non-hydrogen) atoms. The molecule has 8 nitrogen and oxygen atoms in total. The second-order valence-corrected chi connectivity index (χ2v) is 4.59. The Kier molecular flexibility index (Phi) is 2.86. The van der Waals surface area contributed by atoms with Crippen molar-refractivity contribution >= 4 is 17.1 Å². The molecule has 1 aliphatic heterocycles. The van der Waals surface area contributed by atoms with Gasteiger partial charge in [0.2, 0.25) is 11.8 Å². The van der Waals surface area contributed by atoms with Gasteiger partial charge in [-0.05, 0) is 7.05 Å². The van der Waals surface area contributed by atoms with Crippen molar-refractivity contribution in [2.24, 2.45) is 0 Å². The van der Waals surface area contributed by atoms with Gasteiger partial charge in [0.05, 0.1) is 7.11 Å². The topological polar surface area (TPSA) is 85.3 Å². The summed E-state index contributed by atoms with van der Waals surface area (Å²) in [5.74, 6) is 0.864. The molecule has 0 amide bonds. The zero-order valence-electron chi connectivity index (χ0n) is 11.1. The van der Waals surface area contributed by atoms with Gasteiger partial charge in [0.1, 0.15) is 6.33 Å². The van der Waals surface area contributed by atoms with Crippen molar-refractivity contribution in [1.82, 2.24) is 24.5 Å². The van der Waals surface area contributed by atoms with Crippen molar-refractivity contribution in [2.75, 3.05) is 51.1 Å². The number of likely N-dealkylation sites (N-methyl/N-ethyl adjacent to an activating group) is 1. The maximum atomic E-state index is 6.02. The number of nitrogen functional groups attached to an aromatic ring is 1. The lowest BCUT2D eigenvalue weighted by molar-refractivity contribution is 0.290. The van der Waals surface area contributed by atoms with E-state index in [1.165, 1.54) is 6.33 Å². The second-order valence-electron chi connectivity index (χ2n) is 4.59. The van der Waals surface area contributed by atoms with Crippen LogP contribution in [-0.4, -0.2) is 64.9 Å². The quantitative estimate of drug-likeness (QED) is 0.766. The first kappa shape index (κ1) is 12.0. The molecule has 1 aliphatic rings. The Balaban J connectivity index is 2.06. The van der Waals surface area contributed by atoms with Crippen LogP contribution < -0.4 is 15.5 Å². The van der Waals surface area contributed by atoms with Crippen LogP contribution >= 0.6 is 0 Å². The van der Waals surface area contributed by atoms with Gasteiger partial charge in [0.15, 0.2) is 11.2 Å². The average molecular weight is 263 g/mol. The third-order valence-corrected chi connectivity index (χ3v) is 3.37. The molecule has 8 heteroatoms. The Bertz CT molecular complexity index is 588. The normalized spacial score (nSPS) is 17.1. The average Bonchev–Trinajstić information content (AvgIpc) is 2.76. The van der Waals surface area contributed by atoms with Crippen molar-refractivity contribution in [1.29, 1.82) is 0 Å². The molecule has 102 valence electrons. The van der Waals surface area contributed by atoms with Crippen LogP contribution in [0.4, 0.5) is 5.95 Å². The van der Waals surface area contributed by atoms with Gasteiger partial charge in [-0.15, -0.1) is 0 Å². The second kappa shape index (κ2) is 4.54. The number of aromatic nitrogens is 4. The summed E-state index contributed by atoms with van der Waals surface area (Å²) < 4.78 is 7.04. The summed E-state index contributed by atoms with van der Waals surface area (Å²) in [5.41, 5.74) is 7.30. The highest BCUT2D eigenvalue weighted by atomic mass is 16.5. The van der Waals surface area contributed by atoms with Crippen LogP contribution in [0.3, 0.4) is 0 Å². The number of piperazine rings is 1. The summed E-state index contributed by atoms with van der Waals surface area (Å²) in [5, 5.41) is 2.15. The standard InChI is InChI=1S/C11H17N7O/c1-16-3-5-17(6-4-16)18-9-8(15-11(18)12)10(19-2)14-7-13-9/h7H,3-6H2,1-2H3,(H2,12,15). The van der Waals surface area contributed by atoms with Crippen molar-refractivity contribution in [3.63, 3.8) is 0 Å². The number of hydrogen-bond acceptors (Lipinski definition) is 7. The maximum absolute atomic E-state index is 6.02. The van der Waals surface area contributed by atoms with Crippen molar-refractivity contribution in [3.8, 4) is 5.88 Å². The molecule has 3 heterocycles. The highest BCUT2D eigenvalue weighted by molar-refractivity contribution is 5.79. The van der Waals surface area contributed by atoms with Gasteiger partial charge < -0.3 is 20.4 Å². The SMILES string of the molecule is COc1ncnc2c1nc(N)n2N1CCN(C)CC1. The highest BCUT2D eigenvalue weighted by Crippen LogP contribution is 2.23. The Morgan fingerprint density at radius 1 is 1.21 bits per heavy atom. The first-order chi connectivity index (χ1) is 9.20. The van der Waals surface area contributed by atoms with E-state index in [4.69, 9.17) is 10.5 Å². The number of fused-ring (bicyclic) bond motifs is 1. The zero-order valence-corrected chi connectivity index (χ0v) is 11.1. The number of ether oxygens (including phenoxy) is 1. The van der Waals surface area contributed by atoms with E-state index in [2.05, 4.69) is 31.9 Å². The lowest BCUT2D eigenvalue weighted by atomic mass is 10.4. The van der Waals surface area contributed by atoms with Crippen molar-refractivity contribution in [3.05, 3.63) is 6.33 Å². The molecule has 0 spiro atoms. The van der Waals surface area contributed by atoms with Crippen LogP contribution in [0.2, 0.25) is 0 Å². The van der Waals surface area contributed by atoms with Crippen LogP contribution in [0.1, 0.15) is 0 Å². The van der Waals surface area contributed by atoms with E-state index in [1.54, 1.807) is 7.11 Å². The van der Waals surface area contributed by atoms with Gasteiger partial charge in [-0.2, -0.15) is 4.98 Å². The van der Waals surface area contributed by atoms with E-state index in [0.717, 1.165) is 26.2 Å². The van der Waals surface area contributed by atoms with Gasteiger partial charge in [-0.3, -0.25) is 0 Å². The largest absolute Gasteiger partial charge is 0.479 e. The fourth-order valence-corrected chi connectivity index (χ4v) is 2.30. The number of imidazole rings is 1. The molecular weight excluding hydrogens is 246 g/mol. The van der Waals surface area contributed by atoms with Crippen molar-refractivity contribution in [2.45, 2.75) is 0 Å². The summed E-state index contributed by atoms with van der Waals surface area (Å²) in [7, 11) is 3.67. The first-order valence-electron chi connectivity index (χ1n) is 6.17. The Labute approximate surface area is 110 Å². The first-order valence-corrected chi connectivity index (χ1v) is 6.17. The van der Waals surface area contributed by atoms with Gasteiger partial charge in [0, 0.05) is 26.2 Å². The number of hydrogen-bond donors (Lipinski definition) is 1. The number of rotatable bonds is 2. The molecule has 3 rings (SSSR count). The lowest BCUT2D eigenvalue weighted by Gasteiger charge is -2.34. The Hall–Kier alpha value is -2.09. The van der Waals surface area contributed by atoms with Gasteiger partial charge in [0.25, 0.3) is 0 Å². The van der Waals surface area contributed by atoms with Crippen LogP contribution in [-0.2, 0) is 0 Å². The molecule has 0 aliphatic carbocycles. The molecule has 0 aromatic carbocycles. The number of methoxy groups -OCH3 is 1. The minimum atomic E-state index is 0.415. The van der Waals surface area contributed by atoms with E-state index in [9.17, 15) is 0 Å². The fraction of sp³-hybridized carbons (Fsp3) is 0.545. The molecule has 1 fully saturated rings. The number of anilines is 1. The Morgan fingerprint density at radius 2 is 1.95 bits per heavy atom. The van der Waals surface area contributed by atoms with Crippen LogP contribution in [0.25, 0.3) is 11.2 Å². The van der Waals surface area contributed by atoms with Gasteiger partial charge in [-0.1, -0.05) is 0 Å². The van der Waals surface area contributed by atoms with E-state index in [0.29, 0.717) is 23.0 Å².